The number of hydrogen-bond donors (Lipinski definition) is 0. The monoisotopic (exact) mass is 223 g/mol. The zero-order valence-corrected chi connectivity index (χ0v) is 9.88. The maximum atomic E-state index is 4.46. The molecule has 3 nitrogen and oxygen atoms in total. The van der Waals surface area contributed by atoms with Gasteiger partial charge in [-0.3, -0.25) is 9.38 Å². The maximum absolute atomic E-state index is 4.46. The van der Waals surface area contributed by atoms with Crippen molar-refractivity contribution < 1.29 is 0 Å². The number of nitrogens with zero attached hydrogens (tertiary/aromatic N) is 3. The first-order valence-corrected chi connectivity index (χ1v) is 5.61. The van der Waals surface area contributed by atoms with Crippen molar-refractivity contribution in [3.8, 4) is 11.3 Å². The number of rotatable bonds is 1. The standard InChI is InChI=1S/C14H13N3/c1-10-7-11(2)17-13(9-16-14(17)8-10)12-3-5-15-6-4-12/h3-9H,1-2H3. The van der Waals surface area contributed by atoms with Gasteiger partial charge in [0.25, 0.3) is 0 Å². The Morgan fingerprint density at radius 3 is 2.59 bits per heavy atom. The van der Waals surface area contributed by atoms with Crippen LogP contribution in [0.2, 0.25) is 0 Å². The van der Waals surface area contributed by atoms with Crippen LogP contribution in [-0.2, 0) is 0 Å². The van der Waals surface area contributed by atoms with E-state index in [1.165, 1.54) is 11.3 Å². The molecular weight excluding hydrogens is 210 g/mol. The number of aromatic nitrogens is 3. The topological polar surface area (TPSA) is 30.2 Å². The fourth-order valence-corrected chi connectivity index (χ4v) is 2.20. The van der Waals surface area contributed by atoms with E-state index in [1.54, 1.807) is 12.4 Å². The van der Waals surface area contributed by atoms with E-state index in [4.69, 9.17) is 0 Å². The molecule has 0 aliphatic carbocycles. The van der Waals surface area contributed by atoms with E-state index in [0.29, 0.717) is 0 Å². The summed E-state index contributed by atoms with van der Waals surface area (Å²) in [5, 5.41) is 0. The minimum absolute atomic E-state index is 0.995. The Hall–Kier alpha value is -2.16. The molecule has 0 unspecified atom stereocenters. The maximum Gasteiger partial charge on any atom is 0.137 e. The zero-order chi connectivity index (χ0) is 11.8. The van der Waals surface area contributed by atoms with Crippen LogP contribution in [0.15, 0.2) is 42.9 Å². The van der Waals surface area contributed by atoms with Gasteiger partial charge in [-0.15, -0.1) is 0 Å². The molecule has 84 valence electrons. The minimum Gasteiger partial charge on any atom is -0.297 e. The van der Waals surface area contributed by atoms with Crippen LogP contribution in [-0.4, -0.2) is 14.4 Å². The molecule has 0 spiro atoms. The van der Waals surface area contributed by atoms with Crippen molar-refractivity contribution in [3.05, 3.63) is 54.1 Å². The molecule has 3 rings (SSSR count). The molecule has 0 saturated carbocycles. The largest absolute Gasteiger partial charge is 0.297 e. The van der Waals surface area contributed by atoms with Crippen LogP contribution in [0.25, 0.3) is 16.9 Å². The number of pyridine rings is 2. The first-order chi connectivity index (χ1) is 8.25. The Bertz CT molecular complexity index is 669. The lowest BCUT2D eigenvalue weighted by Crippen LogP contribution is -1.94. The first kappa shape index (κ1) is 10.0. The number of aryl methyl sites for hydroxylation is 2. The van der Waals surface area contributed by atoms with Gasteiger partial charge in [0.15, 0.2) is 0 Å². The van der Waals surface area contributed by atoms with Gasteiger partial charge in [-0.2, -0.15) is 0 Å². The lowest BCUT2D eigenvalue weighted by Gasteiger charge is -2.06. The lowest BCUT2D eigenvalue weighted by atomic mass is 10.2. The third-order valence-electron chi connectivity index (χ3n) is 2.91. The Morgan fingerprint density at radius 1 is 1.06 bits per heavy atom. The highest BCUT2D eigenvalue weighted by Crippen LogP contribution is 2.22. The van der Waals surface area contributed by atoms with E-state index < -0.39 is 0 Å². The van der Waals surface area contributed by atoms with Crippen LogP contribution in [0.3, 0.4) is 0 Å². The summed E-state index contributed by atoms with van der Waals surface area (Å²) in [5.41, 5.74) is 5.68. The highest BCUT2D eigenvalue weighted by molar-refractivity contribution is 5.64. The van der Waals surface area contributed by atoms with E-state index in [0.717, 1.165) is 16.9 Å². The average molecular weight is 223 g/mol. The van der Waals surface area contributed by atoms with Gasteiger partial charge in [0.1, 0.15) is 5.65 Å². The van der Waals surface area contributed by atoms with Crippen molar-refractivity contribution in [2.45, 2.75) is 13.8 Å². The zero-order valence-electron chi connectivity index (χ0n) is 9.88. The van der Waals surface area contributed by atoms with Crippen LogP contribution in [0.4, 0.5) is 0 Å². The molecule has 0 aromatic carbocycles. The second kappa shape index (κ2) is 3.70. The molecule has 0 aliphatic rings. The second-order valence-corrected chi connectivity index (χ2v) is 4.25. The van der Waals surface area contributed by atoms with Crippen molar-refractivity contribution in [1.82, 2.24) is 14.4 Å². The first-order valence-electron chi connectivity index (χ1n) is 5.61. The lowest BCUT2D eigenvalue weighted by molar-refractivity contribution is 1.09. The molecule has 3 heteroatoms. The summed E-state index contributed by atoms with van der Waals surface area (Å²) in [5.74, 6) is 0. The fraction of sp³-hybridized carbons (Fsp3) is 0.143. The van der Waals surface area contributed by atoms with Gasteiger partial charge in [0.2, 0.25) is 0 Å². The van der Waals surface area contributed by atoms with Crippen LogP contribution in [0.5, 0.6) is 0 Å². The Kier molecular flexibility index (Phi) is 2.18. The SMILES string of the molecule is Cc1cc(C)n2c(-c3ccncc3)cnc2c1. The van der Waals surface area contributed by atoms with Gasteiger partial charge in [0.05, 0.1) is 11.9 Å². The van der Waals surface area contributed by atoms with E-state index in [1.807, 2.05) is 18.3 Å². The van der Waals surface area contributed by atoms with E-state index in [2.05, 4.69) is 40.3 Å². The van der Waals surface area contributed by atoms with Gasteiger partial charge in [-0.05, 0) is 43.7 Å². The van der Waals surface area contributed by atoms with Gasteiger partial charge in [-0.25, -0.2) is 4.98 Å². The van der Waals surface area contributed by atoms with Crippen molar-refractivity contribution in [2.75, 3.05) is 0 Å². The summed E-state index contributed by atoms with van der Waals surface area (Å²) in [6.45, 7) is 4.19. The van der Waals surface area contributed by atoms with Crippen LogP contribution >= 0.6 is 0 Å². The Morgan fingerprint density at radius 2 is 1.82 bits per heavy atom. The summed E-state index contributed by atoms with van der Waals surface area (Å²) in [6, 6.07) is 8.27. The normalized spacial score (nSPS) is 10.9. The molecule has 17 heavy (non-hydrogen) atoms. The molecular formula is C14H13N3. The molecule has 3 heterocycles. The fourth-order valence-electron chi connectivity index (χ4n) is 2.20. The van der Waals surface area contributed by atoms with E-state index in [9.17, 15) is 0 Å². The molecule has 0 N–H and O–H groups in total. The van der Waals surface area contributed by atoms with Crippen molar-refractivity contribution >= 4 is 5.65 Å². The van der Waals surface area contributed by atoms with E-state index in [-0.39, 0.29) is 0 Å². The molecule has 0 atom stereocenters. The summed E-state index contributed by atoms with van der Waals surface area (Å²) < 4.78 is 2.17. The number of fused-ring (bicyclic) bond motifs is 1. The molecule has 0 aliphatic heterocycles. The molecule has 0 fully saturated rings. The molecule has 3 aromatic heterocycles. The quantitative estimate of drug-likeness (QED) is 0.634. The summed E-state index contributed by atoms with van der Waals surface area (Å²) in [6.07, 6.45) is 5.52. The third-order valence-corrected chi connectivity index (χ3v) is 2.91. The van der Waals surface area contributed by atoms with Crippen molar-refractivity contribution in [3.63, 3.8) is 0 Å². The van der Waals surface area contributed by atoms with Crippen molar-refractivity contribution in [1.29, 1.82) is 0 Å². The smallest absolute Gasteiger partial charge is 0.137 e. The average Bonchev–Trinajstić information content (AvgIpc) is 2.74. The van der Waals surface area contributed by atoms with Gasteiger partial charge in [-0.1, -0.05) is 0 Å². The summed E-state index contributed by atoms with van der Waals surface area (Å²) in [4.78, 5) is 8.50. The van der Waals surface area contributed by atoms with Crippen LogP contribution < -0.4 is 0 Å². The summed E-state index contributed by atoms with van der Waals surface area (Å²) in [7, 11) is 0. The Labute approximate surface area is 99.8 Å². The predicted octanol–water partition coefficient (Wildman–Crippen LogP) is 3.01. The second-order valence-electron chi connectivity index (χ2n) is 4.25. The molecule has 0 saturated heterocycles. The molecule has 0 radical (unpaired) electrons. The van der Waals surface area contributed by atoms with Gasteiger partial charge in [0, 0.05) is 23.7 Å². The van der Waals surface area contributed by atoms with E-state index >= 15 is 0 Å². The minimum atomic E-state index is 0.995. The highest BCUT2D eigenvalue weighted by Gasteiger charge is 2.07. The Balaban J connectivity index is 2.32. The number of hydrogen-bond acceptors (Lipinski definition) is 2. The third kappa shape index (κ3) is 1.60. The van der Waals surface area contributed by atoms with Crippen molar-refractivity contribution in [2.24, 2.45) is 0 Å². The number of imidazole rings is 1. The highest BCUT2D eigenvalue weighted by atomic mass is 15.0. The molecule has 3 aromatic rings. The van der Waals surface area contributed by atoms with Gasteiger partial charge >= 0.3 is 0 Å². The predicted molar refractivity (Wildman–Crippen MR) is 67.9 cm³/mol. The van der Waals surface area contributed by atoms with Gasteiger partial charge < -0.3 is 0 Å². The van der Waals surface area contributed by atoms with Crippen LogP contribution in [0.1, 0.15) is 11.3 Å². The molecule has 0 amide bonds. The van der Waals surface area contributed by atoms with Crippen LogP contribution in [0, 0.1) is 13.8 Å². The molecule has 0 bridgehead atoms. The summed E-state index contributed by atoms with van der Waals surface area (Å²) >= 11 is 0.